The maximum absolute atomic E-state index is 11.4. The average Bonchev–Trinajstić information content (AvgIpc) is 2.84. The fourth-order valence-corrected chi connectivity index (χ4v) is 4.34. The van der Waals surface area contributed by atoms with Gasteiger partial charge < -0.3 is 0 Å². The summed E-state index contributed by atoms with van der Waals surface area (Å²) in [5.74, 6) is 0. The smallest absolute Gasteiger partial charge is 0.224 e. The molecular weight excluding hydrogens is 262 g/mol. The second-order valence-electron chi connectivity index (χ2n) is 3.29. The number of thiophene rings is 2. The molecule has 0 radical (unpaired) electrons. The highest BCUT2D eigenvalue weighted by Crippen LogP contribution is 2.35. The van der Waals surface area contributed by atoms with Gasteiger partial charge in [-0.05, 0) is 30.0 Å². The van der Waals surface area contributed by atoms with Gasteiger partial charge in [0.15, 0.2) is 0 Å². The molecule has 86 valence electrons. The van der Waals surface area contributed by atoms with Crippen LogP contribution < -0.4 is 5.14 Å². The van der Waals surface area contributed by atoms with Gasteiger partial charge >= 0.3 is 0 Å². The van der Waals surface area contributed by atoms with E-state index in [1.54, 1.807) is 22.8 Å². The minimum atomic E-state index is -3.61. The van der Waals surface area contributed by atoms with Crippen LogP contribution in [0.25, 0.3) is 10.4 Å². The molecule has 0 unspecified atom stereocenters. The number of nitrogens with two attached hydrogens (primary N) is 1. The molecular formula is C10H11NO2S3. The highest BCUT2D eigenvalue weighted by Gasteiger charge is 2.17. The number of sulfonamides is 1. The van der Waals surface area contributed by atoms with Crippen molar-refractivity contribution in [1.82, 2.24) is 0 Å². The van der Waals surface area contributed by atoms with Gasteiger partial charge in [0, 0.05) is 15.3 Å². The van der Waals surface area contributed by atoms with E-state index in [0.717, 1.165) is 28.2 Å². The first-order valence-electron chi connectivity index (χ1n) is 4.71. The van der Waals surface area contributed by atoms with Crippen LogP contribution in [-0.2, 0) is 16.4 Å². The first-order valence-corrected chi connectivity index (χ1v) is 7.96. The number of rotatable bonds is 3. The minimum Gasteiger partial charge on any atom is -0.224 e. The van der Waals surface area contributed by atoms with Gasteiger partial charge in [0.1, 0.15) is 4.21 Å². The molecule has 2 rings (SSSR count). The lowest BCUT2D eigenvalue weighted by molar-refractivity contribution is 0.600. The fraction of sp³-hybridized carbons (Fsp3) is 0.200. The molecule has 0 spiro atoms. The molecule has 0 bridgehead atoms. The molecule has 16 heavy (non-hydrogen) atoms. The first kappa shape index (κ1) is 11.8. The van der Waals surface area contributed by atoms with Crippen molar-refractivity contribution >= 4 is 32.7 Å². The summed E-state index contributed by atoms with van der Waals surface area (Å²) in [7, 11) is -3.61. The van der Waals surface area contributed by atoms with Crippen molar-refractivity contribution in [3.63, 3.8) is 0 Å². The summed E-state index contributed by atoms with van der Waals surface area (Å²) >= 11 is 2.77. The standard InChI is InChI=1S/C10H11NO2S3/c1-2-7-3-4-9(15-7)8-5-6-14-10(8)16(11,12)13/h3-6H,2H2,1H3,(H2,11,12,13). The van der Waals surface area contributed by atoms with Crippen LogP contribution in [0.4, 0.5) is 0 Å². The zero-order valence-corrected chi connectivity index (χ0v) is 11.1. The highest BCUT2D eigenvalue weighted by atomic mass is 32.2. The van der Waals surface area contributed by atoms with Gasteiger partial charge in [0.25, 0.3) is 0 Å². The van der Waals surface area contributed by atoms with E-state index in [1.165, 1.54) is 4.88 Å². The molecule has 0 atom stereocenters. The van der Waals surface area contributed by atoms with Gasteiger partial charge in [-0.1, -0.05) is 6.92 Å². The summed E-state index contributed by atoms with van der Waals surface area (Å²) in [4.78, 5) is 2.20. The molecule has 2 aromatic heterocycles. The van der Waals surface area contributed by atoms with Crippen molar-refractivity contribution in [3.05, 3.63) is 28.5 Å². The number of hydrogen-bond acceptors (Lipinski definition) is 4. The van der Waals surface area contributed by atoms with E-state index in [0.29, 0.717) is 0 Å². The molecule has 0 amide bonds. The topological polar surface area (TPSA) is 60.2 Å². The molecule has 0 saturated carbocycles. The predicted molar refractivity (Wildman–Crippen MR) is 68.4 cm³/mol. The Hall–Kier alpha value is -0.690. The van der Waals surface area contributed by atoms with E-state index in [2.05, 4.69) is 6.92 Å². The molecule has 0 aliphatic carbocycles. The van der Waals surface area contributed by atoms with Crippen molar-refractivity contribution in [2.45, 2.75) is 17.6 Å². The van der Waals surface area contributed by atoms with E-state index < -0.39 is 10.0 Å². The minimum absolute atomic E-state index is 0.247. The average molecular weight is 273 g/mol. The van der Waals surface area contributed by atoms with Gasteiger partial charge in [-0.3, -0.25) is 0 Å². The van der Waals surface area contributed by atoms with Gasteiger partial charge in [-0.2, -0.15) is 0 Å². The van der Waals surface area contributed by atoms with Crippen molar-refractivity contribution in [2.75, 3.05) is 0 Å². The third-order valence-electron chi connectivity index (χ3n) is 2.16. The van der Waals surface area contributed by atoms with Crippen LogP contribution in [0.2, 0.25) is 0 Å². The molecule has 2 heterocycles. The Kier molecular flexibility index (Phi) is 3.16. The lowest BCUT2D eigenvalue weighted by Gasteiger charge is -1.98. The Bertz CT molecular complexity index is 595. The largest absolute Gasteiger partial charge is 0.248 e. The summed E-state index contributed by atoms with van der Waals surface area (Å²) in [5.41, 5.74) is 0.720. The first-order chi connectivity index (χ1) is 7.52. The van der Waals surface area contributed by atoms with Crippen LogP contribution in [0.15, 0.2) is 27.8 Å². The van der Waals surface area contributed by atoms with Crippen molar-refractivity contribution < 1.29 is 8.42 Å². The van der Waals surface area contributed by atoms with E-state index in [-0.39, 0.29) is 4.21 Å². The molecule has 3 nitrogen and oxygen atoms in total. The number of aryl methyl sites for hydroxylation is 1. The lowest BCUT2D eigenvalue weighted by Crippen LogP contribution is -2.11. The molecule has 0 aliphatic rings. The maximum Gasteiger partial charge on any atom is 0.248 e. The second-order valence-corrected chi connectivity index (χ2v) is 7.13. The summed E-state index contributed by atoms with van der Waals surface area (Å²) in [6, 6.07) is 5.76. The summed E-state index contributed by atoms with van der Waals surface area (Å²) in [5, 5.41) is 6.92. The fourth-order valence-electron chi connectivity index (χ4n) is 1.41. The summed E-state index contributed by atoms with van der Waals surface area (Å²) in [6.45, 7) is 2.07. The molecule has 2 N–H and O–H groups in total. The van der Waals surface area contributed by atoms with Crippen LogP contribution in [0.1, 0.15) is 11.8 Å². The van der Waals surface area contributed by atoms with Gasteiger partial charge in [-0.25, -0.2) is 13.6 Å². The summed E-state index contributed by atoms with van der Waals surface area (Å²) < 4.78 is 23.0. The molecule has 0 fully saturated rings. The Balaban J connectivity index is 2.53. The molecule has 0 saturated heterocycles. The molecule has 0 aliphatic heterocycles. The van der Waals surface area contributed by atoms with Crippen LogP contribution in [-0.4, -0.2) is 8.42 Å². The maximum atomic E-state index is 11.4. The Morgan fingerprint density at radius 3 is 2.62 bits per heavy atom. The Morgan fingerprint density at radius 1 is 1.31 bits per heavy atom. The van der Waals surface area contributed by atoms with Crippen LogP contribution >= 0.6 is 22.7 Å². The van der Waals surface area contributed by atoms with Crippen molar-refractivity contribution in [1.29, 1.82) is 0 Å². The second kappa shape index (κ2) is 4.29. The van der Waals surface area contributed by atoms with Crippen LogP contribution in [0.5, 0.6) is 0 Å². The Labute approximate surface area is 103 Å². The van der Waals surface area contributed by atoms with Gasteiger partial charge in [-0.15, -0.1) is 22.7 Å². The third-order valence-corrected chi connectivity index (χ3v) is 5.86. The van der Waals surface area contributed by atoms with Crippen molar-refractivity contribution in [3.8, 4) is 10.4 Å². The summed E-state index contributed by atoms with van der Waals surface area (Å²) in [6.07, 6.45) is 0.958. The monoisotopic (exact) mass is 273 g/mol. The SMILES string of the molecule is CCc1ccc(-c2ccsc2S(N)(=O)=O)s1. The third kappa shape index (κ3) is 2.20. The van der Waals surface area contributed by atoms with E-state index >= 15 is 0 Å². The number of primary sulfonamides is 1. The molecule has 0 aromatic carbocycles. The molecule has 2 aromatic rings. The lowest BCUT2D eigenvalue weighted by atomic mass is 10.3. The normalized spacial score (nSPS) is 11.9. The van der Waals surface area contributed by atoms with E-state index in [4.69, 9.17) is 5.14 Å². The zero-order valence-electron chi connectivity index (χ0n) is 8.64. The molecule has 6 heteroatoms. The van der Waals surface area contributed by atoms with Crippen LogP contribution in [0.3, 0.4) is 0 Å². The number of hydrogen-bond donors (Lipinski definition) is 1. The highest BCUT2D eigenvalue weighted by molar-refractivity contribution is 7.91. The van der Waals surface area contributed by atoms with Gasteiger partial charge in [0.05, 0.1) is 0 Å². The zero-order chi connectivity index (χ0) is 11.8. The predicted octanol–water partition coefficient (Wildman–Crippen LogP) is 2.69. The quantitative estimate of drug-likeness (QED) is 0.934. The van der Waals surface area contributed by atoms with E-state index in [1.807, 2.05) is 12.1 Å². The van der Waals surface area contributed by atoms with E-state index in [9.17, 15) is 8.42 Å². The van der Waals surface area contributed by atoms with Crippen molar-refractivity contribution in [2.24, 2.45) is 5.14 Å². The van der Waals surface area contributed by atoms with Gasteiger partial charge in [0.2, 0.25) is 10.0 Å². The Morgan fingerprint density at radius 2 is 2.06 bits per heavy atom. The van der Waals surface area contributed by atoms with Crippen LogP contribution in [0, 0.1) is 0 Å².